The van der Waals surface area contributed by atoms with Crippen LogP contribution in [0.5, 0.6) is 11.5 Å². The number of benzene rings is 2. The van der Waals surface area contributed by atoms with Crippen molar-refractivity contribution >= 4 is 15.9 Å². The van der Waals surface area contributed by atoms with Gasteiger partial charge in [-0.05, 0) is 56.2 Å². The molecule has 0 aliphatic carbocycles. The SMILES string of the molecule is COc1ccc(S(=O)(=O)N[C@@H](C)C(=O)NCCc2cc(C)ccc2OC)cc1. The van der Waals surface area contributed by atoms with Gasteiger partial charge in [0.05, 0.1) is 25.2 Å². The number of amides is 1. The molecule has 0 unspecified atom stereocenters. The van der Waals surface area contributed by atoms with E-state index in [0.717, 1.165) is 16.9 Å². The molecule has 8 heteroatoms. The standard InChI is InChI=1S/C20H26N2O5S/c1-14-5-10-19(27-4)16(13-14)11-12-21-20(23)15(2)22-28(24,25)18-8-6-17(26-3)7-9-18/h5-10,13,15,22H,11-12H2,1-4H3,(H,21,23)/t15-/m0/s1. The molecular weight excluding hydrogens is 380 g/mol. The van der Waals surface area contributed by atoms with Gasteiger partial charge in [-0.1, -0.05) is 17.7 Å². The molecule has 1 atom stereocenters. The molecule has 2 aromatic rings. The fourth-order valence-electron chi connectivity index (χ4n) is 2.69. The van der Waals surface area contributed by atoms with Crippen LogP contribution in [-0.2, 0) is 21.2 Å². The van der Waals surface area contributed by atoms with Crippen LogP contribution in [0.1, 0.15) is 18.1 Å². The van der Waals surface area contributed by atoms with Crippen molar-refractivity contribution in [2.45, 2.75) is 31.2 Å². The van der Waals surface area contributed by atoms with Crippen molar-refractivity contribution in [3.05, 3.63) is 53.6 Å². The van der Waals surface area contributed by atoms with Crippen LogP contribution in [0, 0.1) is 6.92 Å². The summed E-state index contributed by atoms with van der Waals surface area (Å²) in [5, 5.41) is 2.75. The maximum Gasteiger partial charge on any atom is 0.241 e. The lowest BCUT2D eigenvalue weighted by Crippen LogP contribution is -2.45. The van der Waals surface area contributed by atoms with Crippen LogP contribution in [0.15, 0.2) is 47.4 Å². The molecule has 0 aliphatic heterocycles. The highest BCUT2D eigenvalue weighted by atomic mass is 32.2. The number of ether oxygens (including phenoxy) is 2. The average Bonchev–Trinajstić information content (AvgIpc) is 2.67. The van der Waals surface area contributed by atoms with Crippen molar-refractivity contribution in [3.63, 3.8) is 0 Å². The van der Waals surface area contributed by atoms with E-state index in [4.69, 9.17) is 9.47 Å². The molecule has 0 saturated heterocycles. The summed E-state index contributed by atoms with van der Waals surface area (Å²) < 4.78 is 37.6. The Morgan fingerprint density at radius 1 is 1.07 bits per heavy atom. The Hall–Kier alpha value is -2.58. The average molecular weight is 407 g/mol. The minimum Gasteiger partial charge on any atom is -0.497 e. The lowest BCUT2D eigenvalue weighted by Gasteiger charge is -2.15. The zero-order valence-corrected chi connectivity index (χ0v) is 17.3. The van der Waals surface area contributed by atoms with E-state index in [1.165, 1.54) is 26.2 Å². The maximum atomic E-state index is 12.4. The molecule has 152 valence electrons. The molecule has 7 nitrogen and oxygen atoms in total. The summed E-state index contributed by atoms with van der Waals surface area (Å²) in [6.45, 7) is 3.86. The first-order valence-electron chi connectivity index (χ1n) is 8.84. The van der Waals surface area contributed by atoms with Crippen LogP contribution >= 0.6 is 0 Å². The maximum absolute atomic E-state index is 12.4. The highest BCUT2D eigenvalue weighted by Gasteiger charge is 2.22. The summed E-state index contributed by atoms with van der Waals surface area (Å²) in [7, 11) is -0.709. The molecule has 0 saturated carbocycles. The van der Waals surface area contributed by atoms with E-state index in [2.05, 4.69) is 10.0 Å². The lowest BCUT2D eigenvalue weighted by atomic mass is 10.1. The monoisotopic (exact) mass is 406 g/mol. The van der Waals surface area contributed by atoms with Gasteiger partial charge in [-0.3, -0.25) is 4.79 Å². The van der Waals surface area contributed by atoms with Crippen molar-refractivity contribution in [1.82, 2.24) is 10.0 Å². The quantitative estimate of drug-likeness (QED) is 0.665. The van der Waals surface area contributed by atoms with E-state index in [1.54, 1.807) is 19.2 Å². The molecule has 2 aromatic carbocycles. The Morgan fingerprint density at radius 2 is 1.75 bits per heavy atom. The molecule has 0 aliphatic rings. The fraction of sp³-hybridized carbons (Fsp3) is 0.350. The smallest absolute Gasteiger partial charge is 0.241 e. The van der Waals surface area contributed by atoms with Gasteiger partial charge in [-0.25, -0.2) is 8.42 Å². The molecule has 1 amide bonds. The largest absolute Gasteiger partial charge is 0.497 e. The number of carbonyl (C=O) groups excluding carboxylic acids is 1. The van der Waals surface area contributed by atoms with Gasteiger partial charge in [0.25, 0.3) is 0 Å². The second-order valence-corrected chi connectivity index (χ2v) is 8.09. The van der Waals surface area contributed by atoms with Gasteiger partial charge in [0.15, 0.2) is 0 Å². The minimum atomic E-state index is -3.81. The van der Waals surface area contributed by atoms with Crippen LogP contribution in [0.2, 0.25) is 0 Å². The van der Waals surface area contributed by atoms with Crippen LogP contribution in [0.4, 0.5) is 0 Å². The third-order valence-electron chi connectivity index (χ3n) is 4.22. The number of sulfonamides is 1. The van der Waals surface area contributed by atoms with E-state index >= 15 is 0 Å². The lowest BCUT2D eigenvalue weighted by molar-refractivity contribution is -0.122. The Balaban J connectivity index is 1.92. The number of nitrogens with one attached hydrogen (secondary N) is 2. The fourth-order valence-corrected chi connectivity index (χ4v) is 3.89. The van der Waals surface area contributed by atoms with Gasteiger partial charge < -0.3 is 14.8 Å². The van der Waals surface area contributed by atoms with Crippen LogP contribution in [-0.4, -0.2) is 41.1 Å². The van der Waals surface area contributed by atoms with E-state index in [1.807, 2.05) is 25.1 Å². The molecule has 0 radical (unpaired) electrons. The third-order valence-corrected chi connectivity index (χ3v) is 5.78. The normalized spacial score (nSPS) is 12.3. The predicted molar refractivity (Wildman–Crippen MR) is 107 cm³/mol. The summed E-state index contributed by atoms with van der Waals surface area (Å²) in [6, 6.07) is 10.9. The Bertz CT molecular complexity index is 911. The van der Waals surface area contributed by atoms with E-state index < -0.39 is 22.0 Å². The highest BCUT2D eigenvalue weighted by Crippen LogP contribution is 2.20. The zero-order chi connectivity index (χ0) is 20.7. The van der Waals surface area contributed by atoms with Crippen LogP contribution < -0.4 is 19.5 Å². The van der Waals surface area contributed by atoms with Gasteiger partial charge in [0, 0.05) is 6.54 Å². The summed E-state index contributed by atoms with van der Waals surface area (Å²) in [5.41, 5.74) is 2.08. The number of aryl methyl sites for hydroxylation is 1. The van der Waals surface area contributed by atoms with Gasteiger partial charge in [-0.2, -0.15) is 4.72 Å². The number of rotatable bonds is 9. The van der Waals surface area contributed by atoms with Crippen LogP contribution in [0.3, 0.4) is 0 Å². The number of carbonyl (C=O) groups is 1. The summed E-state index contributed by atoms with van der Waals surface area (Å²) in [4.78, 5) is 12.3. The van der Waals surface area contributed by atoms with Crippen molar-refractivity contribution in [2.75, 3.05) is 20.8 Å². The number of methoxy groups -OCH3 is 2. The molecule has 28 heavy (non-hydrogen) atoms. The first-order chi connectivity index (χ1) is 13.3. The van der Waals surface area contributed by atoms with Gasteiger partial charge in [0.2, 0.25) is 15.9 Å². The van der Waals surface area contributed by atoms with Crippen molar-refractivity contribution in [3.8, 4) is 11.5 Å². The van der Waals surface area contributed by atoms with E-state index in [0.29, 0.717) is 18.7 Å². The molecule has 0 fully saturated rings. The molecule has 0 bridgehead atoms. The zero-order valence-electron chi connectivity index (χ0n) is 16.5. The summed E-state index contributed by atoms with van der Waals surface area (Å²) >= 11 is 0. The minimum absolute atomic E-state index is 0.0671. The summed E-state index contributed by atoms with van der Waals surface area (Å²) in [5.74, 6) is 0.910. The Labute approximate surface area is 166 Å². The van der Waals surface area contributed by atoms with Gasteiger partial charge >= 0.3 is 0 Å². The van der Waals surface area contributed by atoms with Crippen LogP contribution in [0.25, 0.3) is 0 Å². The van der Waals surface area contributed by atoms with Gasteiger partial charge in [-0.15, -0.1) is 0 Å². The number of hydrogen-bond acceptors (Lipinski definition) is 5. The molecule has 0 heterocycles. The first kappa shape index (κ1) is 21.7. The molecule has 0 aromatic heterocycles. The molecule has 0 spiro atoms. The molecular formula is C20H26N2O5S. The second-order valence-electron chi connectivity index (χ2n) is 6.37. The number of hydrogen-bond donors (Lipinski definition) is 2. The highest BCUT2D eigenvalue weighted by molar-refractivity contribution is 7.89. The van der Waals surface area contributed by atoms with E-state index in [-0.39, 0.29) is 4.90 Å². The van der Waals surface area contributed by atoms with Crippen molar-refractivity contribution in [2.24, 2.45) is 0 Å². The van der Waals surface area contributed by atoms with Gasteiger partial charge in [0.1, 0.15) is 11.5 Å². The van der Waals surface area contributed by atoms with E-state index in [9.17, 15) is 13.2 Å². The Kier molecular flexibility index (Phi) is 7.42. The first-order valence-corrected chi connectivity index (χ1v) is 10.3. The topological polar surface area (TPSA) is 93.7 Å². The Morgan fingerprint density at radius 3 is 2.36 bits per heavy atom. The third kappa shape index (κ3) is 5.71. The molecule has 2 N–H and O–H groups in total. The van der Waals surface area contributed by atoms with Crippen molar-refractivity contribution in [1.29, 1.82) is 0 Å². The summed E-state index contributed by atoms with van der Waals surface area (Å²) in [6.07, 6.45) is 0.578. The second kappa shape index (κ2) is 9.57. The predicted octanol–water partition coefficient (Wildman–Crippen LogP) is 2.04. The van der Waals surface area contributed by atoms with Crippen molar-refractivity contribution < 1.29 is 22.7 Å². The molecule has 2 rings (SSSR count).